The van der Waals surface area contributed by atoms with Crippen molar-refractivity contribution in [2.75, 3.05) is 25.0 Å². The molecule has 49 heavy (non-hydrogen) atoms. The normalized spacial score (nSPS) is 18.1. The summed E-state index contributed by atoms with van der Waals surface area (Å²) in [5.74, 6) is 0.840. The van der Waals surface area contributed by atoms with E-state index in [0.29, 0.717) is 41.6 Å². The van der Waals surface area contributed by atoms with Gasteiger partial charge in [-0.3, -0.25) is 29.4 Å². The van der Waals surface area contributed by atoms with Gasteiger partial charge in [0.1, 0.15) is 23.4 Å². The molecule has 3 N–H and O–H groups in total. The van der Waals surface area contributed by atoms with Crippen molar-refractivity contribution in [1.29, 1.82) is 0 Å². The Morgan fingerprint density at radius 1 is 0.939 bits per heavy atom. The maximum atomic E-state index is 13.1. The van der Waals surface area contributed by atoms with Crippen molar-refractivity contribution in [3.8, 4) is 22.8 Å². The molecule has 0 saturated carbocycles. The third kappa shape index (κ3) is 6.75. The zero-order valence-corrected chi connectivity index (χ0v) is 27.3. The number of ether oxygens (including phenoxy) is 1. The van der Waals surface area contributed by atoms with Crippen molar-refractivity contribution in [2.24, 2.45) is 5.73 Å². The van der Waals surface area contributed by atoms with E-state index in [-0.39, 0.29) is 18.2 Å². The van der Waals surface area contributed by atoms with E-state index in [4.69, 9.17) is 15.5 Å². The van der Waals surface area contributed by atoms with Crippen LogP contribution in [0, 0.1) is 0 Å². The molecule has 4 amide bonds. The number of fused-ring (bicyclic) bond motifs is 1. The molecule has 3 aliphatic heterocycles. The molecule has 0 radical (unpaired) electrons. The van der Waals surface area contributed by atoms with E-state index in [1.807, 2.05) is 72.8 Å². The topological polar surface area (TPSA) is 138 Å². The third-order valence-electron chi connectivity index (χ3n) is 9.68. The van der Waals surface area contributed by atoms with Gasteiger partial charge in [-0.05, 0) is 92.0 Å². The van der Waals surface area contributed by atoms with Crippen LogP contribution in [0.5, 0.6) is 11.5 Å². The largest absolute Gasteiger partial charge is 0.457 e. The first-order valence-electron chi connectivity index (χ1n) is 16.6. The second-order valence-corrected chi connectivity index (χ2v) is 12.9. The molecule has 1 atom stereocenters. The lowest BCUT2D eigenvalue weighted by Crippen LogP contribution is -2.52. The molecule has 4 heterocycles. The molecule has 7 rings (SSSR count). The number of amides is 4. The Labute approximate surface area is 284 Å². The van der Waals surface area contributed by atoms with E-state index in [2.05, 4.69) is 28.2 Å². The van der Waals surface area contributed by atoms with Crippen molar-refractivity contribution in [3.05, 3.63) is 107 Å². The van der Waals surface area contributed by atoms with Gasteiger partial charge in [0.2, 0.25) is 11.8 Å². The number of piperidine rings is 2. The van der Waals surface area contributed by atoms with Crippen LogP contribution < -0.4 is 20.7 Å². The van der Waals surface area contributed by atoms with E-state index >= 15 is 0 Å². The highest BCUT2D eigenvalue weighted by Crippen LogP contribution is 2.31. The minimum Gasteiger partial charge on any atom is -0.457 e. The molecule has 0 spiro atoms. The molecule has 250 valence electrons. The van der Waals surface area contributed by atoms with Gasteiger partial charge in [-0.15, -0.1) is 0 Å². The van der Waals surface area contributed by atoms with Gasteiger partial charge in [-0.25, -0.2) is 4.98 Å². The first-order valence-corrected chi connectivity index (χ1v) is 16.6. The number of nitrogens with zero attached hydrogens (tertiary/aromatic N) is 4. The fourth-order valence-electron chi connectivity index (χ4n) is 7.03. The molecule has 0 aliphatic carbocycles. The molecule has 2 fully saturated rings. The van der Waals surface area contributed by atoms with Gasteiger partial charge < -0.3 is 20.3 Å². The van der Waals surface area contributed by atoms with E-state index in [9.17, 15) is 19.2 Å². The molecule has 1 unspecified atom stereocenters. The summed E-state index contributed by atoms with van der Waals surface area (Å²) in [6.45, 7) is 2.71. The second kappa shape index (κ2) is 13.5. The van der Waals surface area contributed by atoms with Crippen molar-refractivity contribution in [3.63, 3.8) is 0 Å². The minimum absolute atomic E-state index is 0.161. The summed E-state index contributed by atoms with van der Waals surface area (Å²) in [4.78, 5) is 60.5. The number of para-hydroxylation sites is 1. The van der Waals surface area contributed by atoms with Gasteiger partial charge in [-0.1, -0.05) is 30.3 Å². The van der Waals surface area contributed by atoms with Crippen LogP contribution in [0.2, 0.25) is 0 Å². The highest BCUT2D eigenvalue weighted by atomic mass is 16.5. The predicted octanol–water partition coefficient (Wildman–Crippen LogP) is 4.50. The summed E-state index contributed by atoms with van der Waals surface area (Å²) in [7, 11) is 2.12. The maximum Gasteiger partial charge on any atom is 0.255 e. The zero-order valence-electron chi connectivity index (χ0n) is 27.3. The van der Waals surface area contributed by atoms with Crippen molar-refractivity contribution in [2.45, 2.75) is 50.9 Å². The second-order valence-electron chi connectivity index (χ2n) is 12.9. The Hall–Kier alpha value is -5.55. The number of nitrogens with two attached hydrogens (primary N) is 1. The summed E-state index contributed by atoms with van der Waals surface area (Å²) in [6.07, 6.45) is 2.45. The summed E-state index contributed by atoms with van der Waals surface area (Å²) in [5.41, 5.74) is 10.1. The summed E-state index contributed by atoms with van der Waals surface area (Å²) >= 11 is 0. The van der Waals surface area contributed by atoms with E-state index in [1.54, 1.807) is 11.0 Å². The van der Waals surface area contributed by atoms with Crippen LogP contribution in [0.25, 0.3) is 11.3 Å². The Morgan fingerprint density at radius 2 is 1.67 bits per heavy atom. The number of aromatic nitrogens is 1. The monoisotopic (exact) mass is 658 g/mol. The Bertz CT molecular complexity index is 1910. The quantitative estimate of drug-likeness (QED) is 0.251. The predicted molar refractivity (Wildman–Crippen MR) is 184 cm³/mol. The van der Waals surface area contributed by atoms with Gasteiger partial charge in [0, 0.05) is 49.8 Å². The molecule has 2 saturated heterocycles. The molecule has 11 heteroatoms. The van der Waals surface area contributed by atoms with Crippen molar-refractivity contribution >= 4 is 29.4 Å². The first kappa shape index (κ1) is 32.0. The Morgan fingerprint density at radius 3 is 2.39 bits per heavy atom. The molecular weight excluding hydrogens is 620 g/mol. The lowest BCUT2D eigenvalue weighted by molar-refractivity contribution is -0.136. The summed E-state index contributed by atoms with van der Waals surface area (Å²) < 4.78 is 5.93. The lowest BCUT2D eigenvalue weighted by atomic mass is 10.0. The van der Waals surface area contributed by atoms with Crippen LogP contribution in [0.3, 0.4) is 0 Å². The third-order valence-corrected chi connectivity index (χ3v) is 9.68. The molecule has 4 aromatic rings. The van der Waals surface area contributed by atoms with E-state index in [0.717, 1.165) is 60.7 Å². The Kier molecular flexibility index (Phi) is 8.83. The Balaban J connectivity index is 0.980. The number of imide groups is 1. The fourth-order valence-corrected chi connectivity index (χ4v) is 7.03. The molecule has 3 aromatic carbocycles. The fraction of sp³-hybridized carbons (Fsp3) is 0.289. The number of hydrogen-bond donors (Lipinski definition) is 2. The van der Waals surface area contributed by atoms with Gasteiger partial charge in [-0.2, -0.15) is 0 Å². The van der Waals surface area contributed by atoms with Crippen molar-refractivity contribution < 1.29 is 23.9 Å². The number of nitrogens with one attached hydrogen (secondary N) is 1. The number of anilines is 1. The zero-order chi connectivity index (χ0) is 34.1. The number of rotatable bonds is 9. The van der Waals surface area contributed by atoms with E-state index in [1.165, 1.54) is 0 Å². The van der Waals surface area contributed by atoms with Gasteiger partial charge in [0.15, 0.2) is 0 Å². The average molecular weight is 659 g/mol. The summed E-state index contributed by atoms with van der Waals surface area (Å²) in [5, 5.41) is 2.36. The molecular formula is C38H38N6O5. The smallest absolute Gasteiger partial charge is 0.255 e. The van der Waals surface area contributed by atoms with Crippen LogP contribution >= 0.6 is 0 Å². The van der Waals surface area contributed by atoms with Crippen LogP contribution in [-0.4, -0.2) is 70.6 Å². The molecule has 1 aromatic heterocycles. The summed E-state index contributed by atoms with van der Waals surface area (Å²) in [6, 6.07) is 26.3. The lowest BCUT2D eigenvalue weighted by Gasteiger charge is -2.37. The van der Waals surface area contributed by atoms with Crippen LogP contribution in [0.15, 0.2) is 84.9 Å². The van der Waals surface area contributed by atoms with Crippen LogP contribution in [0.1, 0.15) is 57.5 Å². The van der Waals surface area contributed by atoms with Crippen LogP contribution in [-0.2, 0) is 22.7 Å². The first-order chi connectivity index (χ1) is 23.7. The number of benzene rings is 3. The molecule has 11 nitrogen and oxygen atoms in total. The number of carbonyl (C=O) groups excluding carboxylic acids is 4. The van der Waals surface area contributed by atoms with E-state index < -0.39 is 17.9 Å². The SMILES string of the molecule is CN(Cc1ccc2c(c1)CN(C1CCC(=O)NC1=O)C2=O)C1CCN(c2ccc(C(N)=O)c(-c3ccc(Oc4ccccc4)cc3)n2)CC1. The van der Waals surface area contributed by atoms with Gasteiger partial charge in [0.25, 0.3) is 11.8 Å². The minimum atomic E-state index is -0.619. The molecule has 3 aliphatic rings. The molecule has 0 bridgehead atoms. The van der Waals surface area contributed by atoms with Crippen LogP contribution in [0.4, 0.5) is 5.82 Å². The van der Waals surface area contributed by atoms with Gasteiger partial charge in [0.05, 0.1) is 11.3 Å². The number of pyridine rings is 1. The number of carbonyl (C=O) groups is 4. The van der Waals surface area contributed by atoms with Gasteiger partial charge >= 0.3 is 0 Å². The number of primary amides is 1. The average Bonchev–Trinajstić information content (AvgIpc) is 3.43. The van der Waals surface area contributed by atoms with Crippen molar-refractivity contribution in [1.82, 2.24) is 20.1 Å². The number of hydrogen-bond acceptors (Lipinski definition) is 8. The highest BCUT2D eigenvalue weighted by molar-refractivity contribution is 6.05. The standard InChI is InChI=1S/C38H38N6O5/c1-42(22-24-7-12-30-26(21-24)23-44(38(30)48)32-14-16-34(45)41-37(32)47)27-17-19-43(20-18-27)33-15-13-31(36(39)46)35(40-33)25-8-10-29(11-9-25)49-28-5-3-2-4-6-28/h2-13,15,21,27,32H,14,16-20,22-23H2,1H3,(H2,39,46)(H,41,45,47). The highest BCUT2D eigenvalue weighted by Gasteiger charge is 2.39. The maximum absolute atomic E-state index is 13.1.